The molecule has 1 saturated heterocycles. The Labute approximate surface area is 119 Å². The molecule has 0 radical (unpaired) electrons. The minimum atomic E-state index is -3.70. The lowest BCUT2D eigenvalue weighted by Gasteiger charge is -2.16. The molecule has 0 spiro atoms. The van der Waals surface area contributed by atoms with Gasteiger partial charge in [-0.1, -0.05) is 11.3 Å². The van der Waals surface area contributed by atoms with Crippen LogP contribution in [0, 0.1) is 6.92 Å². The summed E-state index contributed by atoms with van der Waals surface area (Å²) in [6.07, 6.45) is -0.0797. The van der Waals surface area contributed by atoms with Gasteiger partial charge in [0.25, 0.3) is 10.0 Å². The molecule has 1 unspecified atom stereocenters. The van der Waals surface area contributed by atoms with E-state index in [0.717, 1.165) is 0 Å². The van der Waals surface area contributed by atoms with Crippen molar-refractivity contribution in [3.63, 3.8) is 0 Å². The van der Waals surface area contributed by atoms with Gasteiger partial charge in [-0.05, 0) is 13.3 Å². The van der Waals surface area contributed by atoms with Gasteiger partial charge in [0, 0.05) is 24.8 Å². The molecule has 0 aromatic carbocycles. The molecule has 1 atom stereocenters. The van der Waals surface area contributed by atoms with Crippen molar-refractivity contribution in [2.24, 2.45) is 0 Å². The fraction of sp³-hybridized carbons (Fsp3) is 0.600. The molecule has 0 saturated carbocycles. The number of thiazole rings is 1. The van der Waals surface area contributed by atoms with E-state index >= 15 is 0 Å². The Morgan fingerprint density at radius 1 is 1.55 bits per heavy atom. The van der Waals surface area contributed by atoms with Crippen LogP contribution >= 0.6 is 11.3 Å². The molecule has 10 heteroatoms. The van der Waals surface area contributed by atoms with Crippen LogP contribution in [0.5, 0.6) is 0 Å². The van der Waals surface area contributed by atoms with Crippen molar-refractivity contribution in [2.75, 3.05) is 20.2 Å². The lowest BCUT2D eigenvalue weighted by Crippen LogP contribution is -2.38. The van der Waals surface area contributed by atoms with Crippen LogP contribution in [0.1, 0.15) is 12.1 Å². The maximum atomic E-state index is 12.4. The topological polar surface area (TPSA) is 109 Å². The van der Waals surface area contributed by atoms with Crippen molar-refractivity contribution >= 4 is 27.5 Å². The number of hydrogen-bond acceptors (Lipinski definition) is 6. The minimum Gasteiger partial charge on any atom is -0.453 e. The number of carbonyl (C=O) groups excluding carboxylic acids is 1. The van der Waals surface area contributed by atoms with E-state index in [1.54, 1.807) is 6.92 Å². The molecule has 2 heterocycles. The summed E-state index contributed by atoms with van der Waals surface area (Å²) in [6.45, 7) is 2.01. The van der Waals surface area contributed by atoms with E-state index in [1.807, 2.05) is 0 Å². The molecule has 0 aliphatic carbocycles. The molecule has 2 N–H and O–H groups in total. The van der Waals surface area contributed by atoms with Crippen LogP contribution in [0.3, 0.4) is 0 Å². The monoisotopic (exact) mass is 321 g/mol. The minimum absolute atomic E-state index is 0.0289. The zero-order chi connectivity index (χ0) is 14.9. The lowest BCUT2D eigenvalue weighted by atomic mass is 10.3. The normalized spacial score (nSPS) is 20.0. The standard InChI is InChI=1S/C10H15N3O5S2/c1-6-8(19-10(15)11-6)20(16,17)13-4-3-7(5-13)12-9(14)18-2/h7H,3-5H2,1-2H3,(H,11,15)(H,12,14). The molecule has 0 bridgehead atoms. The number of alkyl carbamates (subject to hydrolysis) is 1. The van der Waals surface area contributed by atoms with Crippen LogP contribution in [-0.4, -0.2) is 50.0 Å². The van der Waals surface area contributed by atoms with Crippen molar-refractivity contribution < 1.29 is 17.9 Å². The highest BCUT2D eigenvalue weighted by atomic mass is 32.2. The number of rotatable bonds is 3. The molecule has 1 aromatic heterocycles. The van der Waals surface area contributed by atoms with Gasteiger partial charge in [0.1, 0.15) is 0 Å². The Morgan fingerprint density at radius 3 is 2.80 bits per heavy atom. The smallest absolute Gasteiger partial charge is 0.407 e. The van der Waals surface area contributed by atoms with E-state index in [-0.39, 0.29) is 16.8 Å². The summed E-state index contributed by atoms with van der Waals surface area (Å²) in [5.74, 6) is 0. The second kappa shape index (κ2) is 5.54. The maximum absolute atomic E-state index is 12.4. The predicted octanol–water partition coefficient (Wildman–Crippen LogP) is -0.136. The van der Waals surface area contributed by atoms with E-state index in [9.17, 15) is 18.0 Å². The highest BCUT2D eigenvalue weighted by Crippen LogP contribution is 2.24. The van der Waals surface area contributed by atoms with Crippen molar-refractivity contribution in [1.82, 2.24) is 14.6 Å². The number of nitrogens with zero attached hydrogens (tertiary/aromatic N) is 1. The Bertz CT molecular complexity index is 663. The number of H-pyrrole nitrogens is 1. The first-order valence-corrected chi connectivity index (χ1v) is 8.14. The number of aryl methyl sites for hydroxylation is 1. The number of ether oxygens (including phenoxy) is 1. The molecule has 20 heavy (non-hydrogen) atoms. The maximum Gasteiger partial charge on any atom is 0.407 e. The number of aromatic nitrogens is 1. The Balaban J connectivity index is 2.15. The summed E-state index contributed by atoms with van der Waals surface area (Å²) in [4.78, 5) is 24.4. The van der Waals surface area contributed by atoms with Crippen LogP contribution in [0.25, 0.3) is 0 Å². The van der Waals surface area contributed by atoms with E-state index in [1.165, 1.54) is 11.4 Å². The molecule has 8 nitrogen and oxygen atoms in total. The summed E-state index contributed by atoms with van der Waals surface area (Å²) < 4.78 is 30.6. The largest absolute Gasteiger partial charge is 0.453 e. The van der Waals surface area contributed by atoms with E-state index < -0.39 is 21.0 Å². The lowest BCUT2D eigenvalue weighted by molar-refractivity contribution is 0.167. The number of hydrogen-bond donors (Lipinski definition) is 2. The summed E-state index contributed by atoms with van der Waals surface area (Å²) >= 11 is 0.675. The van der Waals surface area contributed by atoms with E-state index in [4.69, 9.17) is 0 Å². The first kappa shape index (κ1) is 15.0. The molecular formula is C10H15N3O5S2. The Kier molecular flexibility index (Phi) is 4.16. The molecule has 1 aromatic rings. The van der Waals surface area contributed by atoms with Crippen molar-refractivity contribution in [2.45, 2.75) is 23.6 Å². The Morgan fingerprint density at radius 2 is 2.25 bits per heavy atom. The van der Waals surface area contributed by atoms with Gasteiger partial charge >= 0.3 is 11.0 Å². The van der Waals surface area contributed by atoms with Crippen LogP contribution in [0.4, 0.5) is 4.79 Å². The van der Waals surface area contributed by atoms with Gasteiger partial charge in [-0.3, -0.25) is 4.79 Å². The van der Waals surface area contributed by atoms with Gasteiger partial charge in [-0.2, -0.15) is 4.31 Å². The number of nitrogens with one attached hydrogen (secondary N) is 2. The second-order valence-electron chi connectivity index (χ2n) is 4.41. The number of aromatic amines is 1. The fourth-order valence-electron chi connectivity index (χ4n) is 2.04. The van der Waals surface area contributed by atoms with Crippen LogP contribution in [0.15, 0.2) is 9.00 Å². The van der Waals surface area contributed by atoms with E-state index in [0.29, 0.717) is 30.0 Å². The quantitative estimate of drug-likeness (QED) is 0.806. The summed E-state index contributed by atoms with van der Waals surface area (Å²) in [7, 11) is -2.45. The van der Waals surface area contributed by atoms with Gasteiger partial charge in [-0.25, -0.2) is 13.2 Å². The van der Waals surface area contributed by atoms with Gasteiger partial charge < -0.3 is 15.0 Å². The van der Waals surface area contributed by atoms with Gasteiger partial charge in [-0.15, -0.1) is 0 Å². The third kappa shape index (κ3) is 2.86. The predicted molar refractivity (Wildman–Crippen MR) is 72.4 cm³/mol. The number of methoxy groups -OCH3 is 1. The van der Waals surface area contributed by atoms with Crippen molar-refractivity contribution in [1.29, 1.82) is 0 Å². The van der Waals surface area contributed by atoms with Gasteiger partial charge in [0.2, 0.25) is 0 Å². The first-order valence-electron chi connectivity index (χ1n) is 5.89. The zero-order valence-electron chi connectivity index (χ0n) is 11.0. The second-order valence-corrected chi connectivity index (χ2v) is 7.53. The number of carbonyl (C=O) groups is 1. The summed E-state index contributed by atoms with van der Waals surface area (Å²) in [5, 5.41) is 2.57. The molecular weight excluding hydrogens is 306 g/mol. The fourth-order valence-corrected chi connectivity index (χ4v) is 4.98. The van der Waals surface area contributed by atoms with Gasteiger partial charge in [0.05, 0.1) is 7.11 Å². The molecule has 112 valence electrons. The highest BCUT2D eigenvalue weighted by Gasteiger charge is 2.35. The number of sulfonamides is 1. The average Bonchev–Trinajstić information content (AvgIpc) is 2.96. The van der Waals surface area contributed by atoms with Crippen LogP contribution < -0.4 is 10.2 Å². The highest BCUT2D eigenvalue weighted by molar-refractivity contribution is 7.91. The SMILES string of the molecule is COC(=O)NC1CCN(S(=O)(=O)c2sc(=O)[nH]c2C)C1. The van der Waals surface area contributed by atoms with Crippen molar-refractivity contribution in [3.8, 4) is 0 Å². The first-order chi connectivity index (χ1) is 9.34. The third-order valence-corrected chi connectivity index (χ3v) is 6.46. The Hall–Kier alpha value is -1.39. The van der Waals surface area contributed by atoms with E-state index in [2.05, 4.69) is 15.0 Å². The zero-order valence-corrected chi connectivity index (χ0v) is 12.6. The molecule has 1 aliphatic rings. The third-order valence-electron chi connectivity index (χ3n) is 3.01. The molecule has 1 fully saturated rings. The van der Waals surface area contributed by atoms with Gasteiger partial charge in [0.15, 0.2) is 4.21 Å². The van der Waals surface area contributed by atoms with Crippen LogP contribution in [-0.2, 0) is 14.8 Å². The summed E-state index contributed by atoms with van der Waals surface area (Å²) in [5.41, 5.74) is 0.337. The molecule has 1 amide bonds. The average molecular weight is 321 g/mol. The molecule has 2 rings (SSSR count). The molecule has 1 aliphatic heterocycles. The van der Waals surface area contributed by atoms with Crippen molar-refractivity contribution in [3.05, 3.63) is 15.4 Å². The number of amides is 1. The summed E-state index contributed by atoms with van der Waals surface area (Å²) in [6, 6.07) is -0.284. The van der Waals surface area contributed by atoms with Crippen LogP contribution in [0.2, 0.25) is 0 Å².